The molecule has 0 saturated carbocycles. The van der Waals surface area contributed by atoms with Gasteiger partial charge < -0.3 is 15.5 Å². The zero-order valence-electron chi connectivity index (χ0n) is 17.5. The van der Waals surface area contributed by atoms with Gasteiger partial charge in [0.15, 0.2) is 15.8 Å². The Morgan fingerprint density at radius 1 is 1.29 bits per heavy atom. The van der Waals surface area contributed by atoms with Gasteiger partial charge in [-0.1, -0.05) is 19.1 Å². The summed E-state index contributed by atoms with van der Waals surface area (Å²) in [5.74, 6) is 1.48. The Labute approximate surface area is 187 Å². The van der Waals surface area contributed by atoms with Gasteiger partial charge in [-0.2, -0.15) is 0 Å². The standard InChI is InChI=1S/C20H34N4O2S.HI/c1-5-10-24-11-9-18(15-24)14-23-20(21-6-2)22-13-17-7-8-19(16(3)12-17)27(4,25)26;/h7-8,12,18H,5-6,9-11,13-15H2,1-4H3,(H2,21,22,23);1H. The number of halogens is 1. The molecule has 1 aromatic carbocycles. The maximum Gasteiger partial charge on any atom is 0.191 e. The minimum atomic E-state index is -3.18. The van der Waals surface area contributed by atoms with E-state index in [9.17, 15) is 8.42 Å². The van der Waals surface area contributed by atoms with Crippen molar-refractivity contribution in [3.8, 4) is 0 Å². The minimum Gasteiger partial charge on any atom is -0.357 e. The van der Waals surface area contributed by atoms with Gasteiger partial charge in [-0.05, 0) is 62.9 Å². The van der Waals surface area contributed by atoms with Crippen LogP contribution in [-0.2, 0) is 16.4 Å². The van der Waals surface area contributed by atoms with Crippen LogP contribution in [0.3, 0.4) is 0 Å². The van der Waals surface area contributed by atoms with Crippen molar-refractivity contribution in [3.05, 3.63) is 29.3 Å². The minimum absolute atomic E-state index is 0. The van der Waals surface area contributed by atoms with Crippen LogP contribution in [-0.4, -0.2) is 58.3 Å². The Hall–Kier alpha value is -0.870. The van der Waals surface area contributed by atoms with Crippen molar-refractivity contribution in [1.29, 1.82) is 0 Å². The first kappa shape index (κ1) is 25.2. The maximum atomic E-state index is 11.7. The number of benzene rings is 1. The molecule has 0 aliphatic carbocycles. The van der Waals surface area contributed by atoms with Gasteiger partial charge in [-0.3, -0.25) is 0 Å². The van der Waals surface area contributed by atoms with Crippen LogP contribution < -0.4 is 10.6 Å². The summed E-state index contributed by atoms with van der Waals surface area (Å²) in [5, 5.41) is 6.75. The molecule has 1 unspecified atom stereocenters. The average Bonchev–Trinajstić information content (AvgIpc) is 3.04. The van der Waals surface area contributed by atoms with Crippen LogP contribution in [0.15, 0.2) is 28.1 Å². The second-order valence-corrected chi connectivity index (χ2v) is 9.39. The molecule has 0 amide bonds. The largest absolute Gasteiger partial charge is 0.357 e. The molecular weight excluding hydrogens is 487 g/mol. The zero-order chi connectivity index (χ0) is 19.9. The highest BCUT2D eigenvalue weighted by Crippen LogP contribution is 2.17. The molecule has 2 rings (SSSR count). The van der Waals surface area contributed by atoms with Gasteiger partial charge in [0.2, 0.25) is 0 Å². The molecule has 1 aliphatic heterocycles. The highest BCUT2D eigenvalue weighted by molar-refractivity contribution is 14.0. The van der Waals surface area contributed by atoms with Crippen LogP contribution in [0.4, 0.5) is 0 Å². The molecule has 1 aliphatic rings. The van der Waals surface area contributed by atoms with E-state index in [1.807, 2.05) is 19.1 Å². The monoisotopic (exact) mass is 522 g/mol. The van der Waals surface area contributed by atoms with E-state index in [-0.39, 0.29) is 24.0 Å². The molecule has 8 heteroatoms. The molecule has 0 bridgehead atoms. The first-order valence-electron chi connectivity index (χ1n) is 9.87. The first-order valence-corrected chi connectivity index (χ1v) is 11.8. The van der Waals surface area contributed by atoms with Gasteiger partial charge in [0, 0.05) is 25.9 Å². The normalized spacial score (nSPS) is 18.0. The maximum absolute atomic E-state index is 11.7. The van der Waals surface area contributed by atoms with Gasteiger partial charge in [-0.25, -0.2) is 13.4 Å². The Kier molecular flexibility index (Phi) is 10.8. The number of rotatable bonds is 8. The summed E-state index contributed by atoms with van der Waals surface area (Å²) in [6.45, 7) is 11.9. The molecule has 1 saturated heterocycles. The SMILES string of the molecule is CCCN1CCC(CNC(=NCc2ccc(S(C)(=O)=O)c(C)c2)NCC)C1.I. The number of hydrogen-bond donors (Lipinski definition) is 2. The van der Waals surface area contributed by atoms with E-state index in [1.54, 1.807) is 6.07 Å². The van der Waals surface area contributed by atoms with E-state index in [0.29, 0.717) is 17.4 Å². The van der Waals surface area contributed by atoms with Crippen molar-refractivity contribution in [3.63, 3.8) is 0 Å². The van der Waals surface area contributed by atoms with Crippen molar-refractivity contribution >= 4 is 39.8 Å². The number of likely N-dealkylation sites (tertiary alicyclic amines) is 1. The fraction of sp³-hybridized carbons (Fsp3) is 0.650. The van der Waals surface area contributed by atoms with Crippen molar-refractivity contribution in [2.24, 2.45) is 10.9 Å². The van der Waals surface area contributed by atoms with Gasteiger partial charge >= 0.3 is 0 Å². The van der Waals surface area contributed by atoms with Gasteiger partial charge in [0.05, 0.1) is 11.4 Å². The summed E-state index contributed by atoms with van der Waals surface area (Å²) in [7, 11) is -3.18. The van der Waals surface area contributed by atoms with Crippen molar-refractivity contribution in [1.82, 2.24) is 15.5 Å². The van der Waals surface area contributed by atoms with Crippen molar-refractivity contribution in [2.75, 3.05) is 39.0 Å². The van der Waals surface area contributed by atoms with E-state index in [0.717, 1.165) is 36.7 Å². The Morgan fingerprint density at radius 2 is 2.04 bits per heavy atom. The smallest absolute Gasteiger partial charge is 0.191 e. The predicted octanol–water partition coefficient (Wildman–Crippen LogP) is 2.80. The molecule has 0 aromatic heterocycles. The fourth-order valence-corrected chi connectivity index (χ4v) is 4.54. The highest BCUT2D eigenvalue weighted by Gasteiger charge is 2.21. The van der Waals surface area contributed by atoms with E-state index in [2.05, 4.69) is 34.4 Å². The van der Waals surface area contributed by atoms with Gasteiger partial charge in [0.1, 0.15) is 0 Å². The third-order valence-corrected chi connectivity index (χ3v) is 6.13. The number of hydrogen-bond acceptors (Lipinski definition) is 4. The molecule has 1 heterocycles. The summed E-state index contributed by atoms with van der Waals surface area (Å²) in [6.07, 6.45) is 3.69. The summed E-state index contributed by atoms with van der Waals surface area (Å²) in [5.41, 5.74) is 1.78. The van der Waals surface area contributed by atoms with Crippen LogP contribution in [0.5, 0.6) is 0 Å². The van der Waals surface area contributed by atoms with E-state index in [1.165, 1.54) is 32.2 Å². The van der Waals surface area contributed by atoms with Gasteiger partial charge in [-0.15, -0.1) is 24.0 Å². The number of nitrogens with zero attached hydrogens (tertiary/aromatic N) is 2. The lowest BCUT2D eigenvalue weighted by Crippen LogP contribution is -2.40. The number of nitrogens with one attached hydrogen (secondary N) is 2. The van der Waals surface area contributed by atoms with E-state index < -0.39 is 9.84 Å². The van der Waals surface area contributed by atoms with Crippen LogP contribution in [0.2, 0.25) is 0 Å². The topological polar surface area (TPSA) is 73.8 Å². The molecule has 1 atom stereocenters. The second-order valence-electron chi connectivity index (χ2n) is 7.40. The lowest BCUT2D eigenvalue weighted by atomic mass is 10.1. The molecule has 6 nitrogen and oxygen atoms in total. The lowest BCUT2D eigenvalue weighted by molar-refractivity contribution is 0.324. The van der Waals surface area contributed by atoms with Crippen LogP contribution >= 0.6 is 24.0 Å². The molecule has 1 fully saturated rings. The first-order chi connectivity index (χ1) is 12.8. The third kappa shape index (κ3) is 7.87. The van der Waals surface area contributed by atoms with Crippen molar-refractivity contribution in [2.45, 2.75) is 45.1 Å². The van der Waals surface area contributed by atoms with Crippen LogP contribution in [0.25, 0.3) is 0 Å². The molecule has 28 heavy (non-hydrogen) atoms. The molecule has 0 spiro atoms. The molecule has 1 aromatic rings. The Morgan fingerprint density at radius 3 is 2.64 bits per heavy atom. The Balaban J connectivity index is 0.00000392. The number of guanidine groups is 1. The molecular formula is C20H35IN4O2S. The third-order valence-electron chi connectivity index (χ3n) is 4.87. The lowest BCUT2D eigenvalue weighted by Gasteiger charge is -2.17. The quantitative estimate of drug-likeness (QED) is 0.312. The number of aliphatic imine (C=N–C) groups is 1. The van der Waals surface area contributed by atoms with Crippen molar-refractivity contribution < 1.29 is 8.42 Å². The van der Waals surface area contributed by atoms with E-state index in [4.69, 9.17) is 0 Å². The summed E-state index contributed by atoms with van der Waals surface area (Å²) in [4.78, 5) is 7.58. The average molecular weight is 522 g/mol. The zero-order valence-corrected chi connectivity index (χ0v) is 20.6. The number of aryl methyl sites for hydroxylation is 1. The van der Waals surface area contributed by atoms with Gasteiger partial charge in [0.25, 0.3) is 0 Å². The molecule has 0 radical (unpaired) electrons. The summed E-state index contributed by atoms with van der Waals surface area (Å²) in [6, 6.07) is 5.43. The molecule has 160 valence electrons. The summed E-state index contributed by atoms with van der Waals surface area (Å²) < 4.78 is 23.5. The Bertz CT molecular complexity index is 753. The fourth-order valence-electron chi connectivity index (χ4n) is 3.58. The van der Waals surface area contributed by atoms with Crippen LogP contribution in [0, 0.1) is 12.8 Å². The summed E-state index contributed by atoms with van der Waals surface area (Å²) >= 11 is 0. The highest BCUT2D eigenvalue weighted by atomic mass is 127. The second kappa shape index (κ2) is 12.0. The van der Waals surface area contributed by atoms with Crippen LogP contribution in [0.1, 0.15) is 37.8 Å². The molecule has 2 N–H and O–H groups in total. The van der Waals surface area contributed by atoms with E-state index >= 15 is 0 Å². The predicted molar refractivity (Wildman–Crippen MR) is 127 cm³/mol. The number of sulfone groups is 1.